The van der Waals surface area contributed by atoms with E-state index in [-0.39, 0.29) is 23.9 Å². The van der Waals surface area contributed by atoms with Crippen LogP contribution in [-0.2, 0) is 4.79 Å². The van der Waals surface area contributed by atoms with Crippen LogP contribution in [0.1, 0.15) is 10.4 Å². The van der Waals surface area contributed by atoms with Crippen LogP contribution < -0.4 is 14.2 Å². The number of ether oxygens (including phenoxy) is 3. The number of benzene rings is 1. The van der Waals surface area contributed by atoms with Gasteiger partial charge >= 0.3 is 5.97 Å². The van der Waals surface area contributed by atoms with Crippen LogP contribution in [0.5, 0.6) is 17.2 Å². The largest absolute Gasteiger partial charge is 0.496 e. The normalized spacial score (nSPS) is 12.3. The van der Waals surface area contributed by atoms with Crippen molar-refractivity contribution in [1.82, 2.24) is 0 Å². The van der Waals surface area contributed by atoms with Gasteiger partial charge in [-0.15, -0.1) is 0 Å². The zero-order chi connectivity index (χ0) is 11.7. The van der Waals surface area contributed by atoms with Gasteiger partial charge in [-0.25, -0.2) is 4.79 Å². The topological polar surface area (TPSA) is 82.1 Å². The van der Waals surface area contributed by atoms with Gasteiger partial charge in [0.2, 0.25) is 6.79 Å². The molecule has 0 unspecified atom stereocenters. The summed E-state index contributed by atoms with van der Waals surface area (Å²) in [6.07, 6.45) is 0. The fourth-order valence-electron chi connectivity index (χ4n) is 1.45. The first-order valence-electron chi connectivity index (χ1n) is 4.39. The molecule has 0 saturated heterocycles. The lowest BCUT2D eigenvalue weighted by Crippen LogP contribution is -2.14. The van der Waals surface area contributed by atoms with E-state index in [0.717, 1.165) is 0 Å². The van der Waals surface area contributed by atoms with E-state index in [1.54, 1.807) is 6.07 Å². The monoisotopic (exact) mass is 224 g/mol. The molecule has 1 N–H and O–H groups in total. The van der Waals surface area contributed by atoms with E-state index in [0.29, 0.717) is 5.75 Å². The van der Waals surface area contributed by atoms with Gasteiger partial charge < -0.3 is 19.3 Å². The molecule has 2 rings (SSSR count). The lowest BCUT2D eigenvalue weighted by atomic mass is 10.1. The number of carboxylic acids is 1. The summed E-state index contributed by atoms with van der Waals surface area (Å²) in [7, 11) is 1.34. The third-order valence-corrected chi connectivity index (χ3v) is 2.14. The maximum Gasteiger partial charge on any atom is 0.377 e. The minimum absolute atomic E-state index is 0.0393. The lowest BCUT2D eigenvalue weighted by molar-refractivity contribution is -0.131. The van der Waals surface area contributed by atoms with Crippen LogP contribution in [0.3, 0.4) is 0 Å². The minimum atomic E-state index is -1.57. The number of fused-ring (bicyclic) bond motifs is 1. The number of carbonyl (C=O) groups excluding carboxylic acids is 1. The predicted octanol–water partition coefficient (Wildman–Crippen LogP) is 0.691. The van der Waals surface area contributed by atoms with Gasteiger partial charge in [0.15, 0.2) is 11.5 Å². The second-order valence-electron chi connectivity index (χ2n) is 3.01. The molecule has 1 aliphatic rings. The van der Waals surface area contributed by atoms with Crippen LogP contribution in [0.25, 0.3) is 0 Å². The molecule has 1 heterocycles. The van der Waals surface area contributed by atoms with Gasteiger partial charge in [0.25, 0.3) is 5.78 Å². The van der Waals surface area contributed by atoms with Crippen LogP contribution >= 0.6 is 0 Å². The standard InChI is InChI=1S/C10H8O6/c1-14-5-2-3-6-9(16-4-15-6)7(5)8(11)10(12)13/h2-3H,4H2,1H3,(H,12,13). The number of carbonyl (C=O) groups is 2. The molecule has 0 amide bonds. The molecule has 1 aromatic carbocycles. The molecule has 0 aromatic heterocycles. The van der Waals surface area contributed by atoms with Crippen LogP contribution in [0, 0.1) is 0 Å². The first-order chi connectivity index (χ1) is 7.65. The van der Waals surface area contributed by atoms with E-state index in [1.807, 2.05) is 0 Å². The maximum atomic E-state index is 11.5. The number of hydrogen-bond donors (Lipinski definition) is 1. The summed E-state index contributed by atoms with van der Waals surface area (Å²) in [5.41, 5.74) is -0.120. The highest BCUT2D eigenvalue weighted by molar-refractivity contribution is 6.41. The lowest BCUT2D eigenvalue weighted by Gasteiger charge is -2.07. The van der Waals surface area contributed by atoms with Gasteiger partial charge in [-0.1, -0.05) is 0 Å². The first kappa shape index (κ1) is 10.3. The van der Waals surface area contributed by atoms with Crippen molar-refractivity contribution in [2.24, 2.45) is 0 Å². The smallest absolute Gasteiger partial charge is 0.377 e. The van der Waals surface area contributed by atoms with Crippen molar-refractivity contribution in [2.45, 2.75) is 0 Å². The molecular weight excluding hydrogens is 216 g/mol. The summed E-state index contributed by atoms with van der Waals surface area (Å²) in [5.74, 6) is -2.05. The molecule has 84 valence electrons. The van der Waals surface area contributed by atoms with Crippen molar-refractivity contribution in [1.29, 1.82) is 0 Å². The molecule has 0 fully saturated rings. The molecule has 0 radical (unpaired) electrons. The van der Waals surface area contributed by atoms with E-state index in [9.17, 15) is 9.59 Å². The molecule has 0 saturated carbocycles. The van der Waals surface area contributed by atoms with E-state index >= 15 is 0 Å². The molecule has 1 aromatic rings. The second-order valence-corrected chi connectivity index (χ2v) is 3.01. The minimum Gasteiger partial charge on any atom is -0.496 e. The molecule has 6 nitrogen and oxygen atoms in total. The van der Waals surface area contributed by atoms with Crippen LogP contribution in [0.15, 0.2) is 12.1 Å². The Morgan fingerprint density at radius 1 is 1.38 bits per heavy atom. The van der Waals surface area contributed by atoms with Crippen molar-refractivity contribution in [2.75, 3.05) is 13.9 Å². The van der Waals surface area contributed by atoms with Crippen molar-refractivity contribution < 1.29 is 28.9 Å². The fraction of sp³-hybridized carbons (Fsp3) is 0.200. The second kappa shape index (κ2) is 3.73. The number of aliphatic carboxylic acids is 1. The fourth-order valence-corrected chi connectivity index (χ4v) is 1.45. The molecular formula is C10H8O6. The highest BCUT2D eigenvalue weighted by Crippen LogP contribution is 2.40. The number of methoxy groups -OCH3 is 1. The predicted molar refractivity (Wildman–Crippen MR) is 51.1 cm³/mol. The molecule has 0 aliphatic carbocycles. The van der Waals surface area contributed by atoms with Crippen molar-refractivity contribution in [3.63, 3.8) is 0 Å². The van der Waals surface area contributed by atoms with E-state index in [1.165, 1.54) is 13.2 Å². The Kier molecular flexibility index (Phi) is 2.40. The van der Waals surface area contributed by atoms with Crippen LogP contribution in [0.2, 0.25) is 0 Å². The summed E-state index contributed by atoms with van der Waals surface area (Å²) in [6.45, 7) is -0.0393. The zero-order valence-electron chi connectivity index (χ0n) is 8.35. The molecule has 0 spiro atoms. The van der Waals surface area contributed by atoms with E-state index < -0.39 is 11.8 Å². The van der Waals surface area contributed by atoms with Gasteiger partial charge in [-0.05, 0) is 12.1 Å². The zero-order valence-corrected chi connectivity index (χ0v) is 8.35. The van der Waals surface area contributed by atoms with Gasteiger partial charge in [-0.3, -0.25) is 4.79 Å². The Labute approximate surface area is 90.3 Å². The molecule has 1 aliphatic heterocycles. The third kappa shape index (κ3) is 1.44. The summed E-state index contributed by atoms with van der Waals surface area (Å²) in [6, 6.07) is 3.02. The van der Waals surface area contributed by atoms with E-state index in [4.69, 9.17) is 19.3 Å². The summed E-state index contributed by atoms with van der Waals surface area (Å²) in [5, 5.41) is 8.69. The van der Waals surface area contributed by atoms with Gasteiger partial charge in [-0.2, -0.15) is 0 Å². The highest BCUT2D eigenvalue weighted by Gasteiger charge is 2.29. The Morgan fingerprint density at radius 2 is 2.12 bits per heavy atom. The average molecular weight is 224 g/mol. The SMILES string of the molecule is COc1ccc2c(c1C(=O)C(=O)O)OCO2. The van der Waals surface area contributed by atoms with Crippen molar-refractivity contribution >= 4 is 11.8 Å². The van der Waals surface area contributed by atoms with Gasteiger partial charge in [0, 0.05) is 0 Å². The first-order valence-corrected chi connectivity index (χ1v) is 4.39. The molecule has 16 heavy (non-hydrogen) atoms. The highest BCUT2D eigenvalue weighted by atomic mass is 16.7. The van der Waals surface area contributed by atoms with Gasteiger partial charge in [0.1, 0.15) is 11.3 Å². The Balaban J connectivity index is 2.60. The number of carboxylic acid groups (broad SMARTS) is 1. The summed E-state index contributed by atoms with van der Waals surface area (Å²) >= 11 is 0. The number of ketones is 1. The number of hydrogen-bond acceptors (Lipinski definition) is 5. The van der Waals surface area contributed by atoms with Crippen molar-refractivity contribution in [3.05, 3.63) is 17.7 Å². The number of rotatable bonds is 3. The maximum absolute atomic E-state index is 11.5. The Hall–Kier alpha value is -2.24. The van der Waals surface area contributed by atoms with Gasteiger partial charge in [0.05, 0.1) is 7.11 Å². The van der Waals surface area contributed by atoms with E-state index in [2.05, 4.69) is 0 Å². The molecule has 6 heteroatoms. The third-order valence-electron chi connectivity index (χ3n) is 2.14. The molecule has 0 bridgehead atoms. The average Bonchev–Trinajstić information content (AvgIpc) is 2.74. The van der Waals surface area contributed by atoms with Crippen molar-refractivity contribution in [3.8, 4) is 17.2 Å². The summed E-state index contributed by atoms with van der Waals surface area (Å²) < 4.78 is 15.0. The van der Waals surface area contributed by atoms with Crippen LogP contribution in [0.4, 0.5) is 0 Å². The molecule has 0 atom stereocenters. The Morgan fingerprint density at radius 3 is 2.75 bits per heavy atom. The quantitative estimate of drug-likeness (QED) is 0.600. The van der Waals surface area contributed by atoms with Crippen LogP contribution in [-0.4, -0.2) is 30.8 Å². The summed E-state index contributed by atoms with van der Waals surface area (Å²) in [4.78, 5) is 22.1. The number of Topliss-reactive ketones (excluding diaryl/α,β-unsaturated/α-hetero) is 1. The Bertz CT molecular complexity index is 465.